The molecule has 19 heavy (non-hydrogen) atoms. The summed E-state index contributed by atoms with van der Waals surface area (Å²) < 4.78 is 4.64. The molecule has 106 valence electrons. The number of nitrogens with zero attached hydrogens (tertiary/aromatic N) is 1. The smallest absolute Gasteiger partial charge is 0.337 e. The molecular weight excluding hydrogens is 268 g/mol. The molecule has 0 unspecified atom stereocenters. The number of carbonyl (C=O) groups excluding carboxylic acids is 1. The summed E-state index contributed by atoms with van der Waals surface area (Å²) in [6.45, 7) is 1.81. The van der Waals surface area contributed by atoms with Crippen molar-refractivity contribution in [3.8, 4) is 0 Å². The molecule has 2 N–H and O–H groups in total. The van der Waals surface area contributed by atoms with Crippen molar-refractivity contribution in [3.05, 3.63) is 29.8 Å². The van der Waals surface area contributed by atoms with E-state index in [9.17, 15) is 9.90 Å². The number of hydrogen-bond acceptors (Lipinski definition) is 5. The second kappa shape index (κ2) is 6.23. The highest BCUT2D eigenvalue weighted by Gasteiger charge is 2.35. The van der Waals surface area contributed by atoms with Gasteiger partial charge in [0.1, 0.15) is 5.60 Å². The molecule has 6 heteroatoms. The Hall–Kier alpha value is -1.30. The first-order valence-corrected chi connectivity index (χ1v) is 5.87. The summed E-state index contributed by atoms with van der Waals surface area (Å²) in [6, 6.07) is 7.14. The van der Waals surface area contributed by atoms with E-state index in [0.717, 1.165) is 5.69 Å². The van der Waals surface area contributed by atoms with E-state index in [2.05, 4.69) is 10.1 Å². The molecule has 1 saturated heterocycles. The Morgan fingerprint density at radius 2 is 2.00 bits per heavy atom. The molecule has 1 aromatic carbocycles. The third-order valence-corrected chi connectivity index (χ3v) is 3.17. The number of methoxy groups -OCH3 is 1. The zero-order valence-corrected chi connectivity index (χ0v) is 11.9. The molecule has 1 aromatic rings. The molecule has 1 aliphatic heterocycles. The average Bonchev–Trinajstić information content (AvgIpc) is 2.36. The van der Waals surface area contributed by atoms with Gasteiger partial charge in [-0.15, -0.1) is 12.4 Å². The van der Waals surface area contributed by atoms with E-state index in [-0.39, 0.29) is 18.4 Å². The zero-order valence-electron chi connectivity index (χ0n) is 11.0. The molecule has 1 heterocycles. The number of β-amino-alcohol motifs (C(OH)–C–C–N with tert-alkyl or cyclic N) is 1. The van der Waals surface area contributed by atoms with Crippen molar-refractivity contribution in [1.82, 2.24) is 5.32 Å². The lowest BCUT2D eigenvalue weighted by molar-refractivity contribution is -0.00156. The lowest BCUT2D eigenvalue weighted by Crippen LogP contribution is -2.64. The van der Waals surface area contributed by atoms with Gasteiger partial charge in [-0.25, -0.2) is 4.79 Å². The van der Waals surface area contributed by atoms with Crippen molar-refractivity contribution in [3.63, 3.8) is 0 Å². The van der Waals surface area contributed by atoms with E-state index >= 15 is 0 Å². The quantitative estimate of drug-likeness (QED) is 0.797. The first-order valence-electron chi connectivity index (χ1n) is 5.87. The number of halogens is 1. The molecule has 0 bridgehead atoms. The minimum Gasteiger partial charge on any atom is -0.465 e. The van der Waals surface area contributed by atoms with Crippen LogP contribution in [0.2, 0.25) is 0 Å². The number of anilines is 1. The maximum absolute atomic E-state index is 11.3. The van der Waals surface area contributed by atoms with Crippen molar-refractivity contribution in [1.29, 1.82) is 0 Å². The van der Waals surface area contributed by atoms with Crippen molar-refractivity contribution in [2.24, 2.45) is 0 Å². The number of rotatable bonds is 4. The van der Waals surface area contributed by atoms with Crippen LogP contribution in [0.5, 0.6) is 0 Å². The lowest BCUT2D eigenvalue weighted by atomic mass is 9.96. The van der Waals surface area contributed by atoms with Crippen LogP contribution in [-0.2, 0) is 4.74 Å². The molecule has 0 saturated carbocycles. The van der Waals surface area contributed by atoms with Crippen LogP contribution in [0.1, 0.15) is 10.4 Å². The molecule has 1 fully saturated rings. The van der Waals surface area contributed by atoms with Crippen molar-refractivity contribution >= 4 is 24.1 Å². The van der Waals surface area contributed by atoms with Gasteiger partial charge in [0.05, 0.1) is 12.7 Å². The Morgan fingerprint density at radius 1 is 1.42 bits per heavy atom. The Morgan fingerprint density at radius 3 is 2.42 bits per heavy atom. The highest BCUT2D eigenvalue weighted by Crippen LogP contribution is 2.19. The first-order chi connectivity index (χ1) is 8.54. The SMILES string of the molecule is COC(=O)c1ccc(N(C)CC2(O)CNC2)cc1.Cl. The predicted molar refractivity (Wildman–Crippen MR) is 76.1 cm³/mol. The van der Waals surface area contributed by atoms with Crippen LogP contribution in [0.15, 0.2) is 24.3 Å². The lowest BCUT2D eigenvalue weighted by Gasteiger charge is -2.40. The van der Waals surface area contributed by atoms with Gasteiger partial charge < -0.3 is 20.1 Å². The summed E-state index contributed by atoms with van der Waals surface area (Å²) in [7, 11) is 3.28. The van der Waals surface area contributed by atoms with Crippen LogP contribution >= 0.6 is 12.4 Å². The van der Waals surface area contributed by atoms with E-state index in [0.29, 0.717) is 25.2 Å². The Bertz CT molecular complexity index is 432. The number of nitrogens with one attached hydrogen (secondary N) is 1. The molecule has 0 radical (unpaired) electrons. The second-order valence-electron chi connectivity index (χ2n) is 4.72. The van der Waals surface area contributed by atoms with Gasteiger partial charge in [0.15, 0.2) is 0 Å². The number of ether oxygens (including phenoxy) is 1. The predicted octanol–water partition coefficient (Wildman–Crippen LogP) is 0.665. The summed E-state index contributed by atoms with van der Waals surface area (Å²) in [5.74, 6) is -0.342. The molecular formula is C13H19ClN2O3. The van der Waals surface area contributed by atoms with E-state index in [1.807, 2.05) is 24.1 Å². The fourth-order valence-corrected chi connectivity index (χ4v) is 2.03. The van der Waals surface area contributed by atoms with Crippen molar-refractivity contribution in [2.45, 2.75) is 5.60 Å². The molecule has 0 aromatic heterocycles. The second-order valence-corrected chi connectivity index (χ2v) is 4.72. The molecule has 0 atom stereocenters. The number of hydrogen-bond donors (Lipinski definition) is 2. The highest BCUT2D eigenvalue weighted by atomic mass is 35.5. The van der Waals surface area contributed by atoms with Crippen LogP contribution in [-0.4, -0.2) is 50.5 Å². The fourth-order valence-electron chi connectivity index (χ4n) is 2.03. The fraction of sp³-hybridized carbons (Fsp3) is 0.462. The van der Waals surface area contributed by atoms with E-state index in [1.165, 1.54) is 7.11 Å². The van der Waals surface area contributed by atoms with E-state index in [4.69, 9.17) is 0 Å². The number of likely N-dealkylation sites (N-methyl/N-ethyl adjacent to an activating group) is 1. The minimum absolute atomic E-state index is 0. The van der Waals surface area contributed by atoms with Crippen molar-refractivity contribution < 1.29 is 14.6 Å². The Balaban J connectivity index is 0.00000180. The number of benzene rings is 1. The standard InChI is InChI=1S/C13H18N2O3.ClH/c1-15(9-13(17)7-14-8-13)11-5-3-10(4-6-11)12(16)18-2;/h3-6,14,17H,7-9H2,1-2H3;1H. The van der Waals surface area contributed by atoms with Gasteiger partial charge in [-0.3, -0.25) is 0 Å². The molecule has 5 nitrogen and oxygen atoms in total. The summed E-state index contributed by atoms with van der Waals surface area (Å²) in [5.41, 5.74) is 0.845. The van der Waals surface area contributed by atoms with Gasteiger partial charge in [-0.05, 0) is 24.3 Å². The maximum Gasteiger partial charge on any atom is 0.337 e. The van der Waals surface area contributed by atoms with Crippen LogP contribution in [0, 0.1) is 0 Å². The highest BCUT2D eigenvalue weighted by molar-refractivity contribution is 5.89. The van der Waals surface area contributed by atoms with Gasteiger partial charge in [-0.2, -0.15) is 0 Å². The van der Waals surface area contributed by atoms with Gasteiger partial charge in [0.25, 0.3) is 0 Å². The largest absolute Gasteiger partial charge is 0.465 e. The average molecular weight is 287 g/mol. The molecule has 2 rings (SSSR count). The minimum atomic E-state index is -0.643. The summed E-state index contributed by atoms with van der Waals surface area (Å²) in [4.78, 5) is 13.3. The molecule has 0 amide bonds. The van der Waals surface area contributed by atoms with Gasteiger partial charge >= 0.3 is 5.97 Å². The zero-order chi connectivity index (χ0) is 13.2. The van der Waals surface area contributed by atoms with Crippen LogP contribution in [0.3, 0.4) is 0 Å². The third-order valence-electron chi connectivity index (χ3n) is 3.17. The number of carbonyl (C=O) groups is 1. The Kier molecular flexibility index (Phi) is 5.17. The topological polar surface area (TPSA) is 61.8 Å². The van der Waals surface area contributed by atoms with Gasteiger partial charge in [0, 0.05) is 32.4 Å². The van der Waals surface area contributed by atoms with E-state index < -0.39 is 5.60 Å². The normalized spacial score (nSPS) is 15.9. The molecule has 1 aliphatic rings. The van der Waals surface area contributed by atoms with Crippen LogP contribution in [0.25, 0.3) is 0 Å². The number of esters is 1. The van der Waals surface area contributed by atoms with Gasteiger partial charge in [0.2, 0.25) is 0 Å². The van der Waals surface area contributed by atoms with E-state index in [1.54, 1.807) is 12.1 Å². The third kappa shape index (κ3) is 3.59. The first kappa shape index (κ1) is 15.8. The number of aliphatic hydroxyl groups is 1. The molecule has 0 aliphatic carbocycles. The van der Waals surface area contributed by atoms with Crippen LogP contribution < -0.4 is 10.2 Å². The maximum atomic E-state index is 11.3. The summed E-state index contributed by atoms with van der Waals surface area (Å²) in [5, 5.41) is 13.1. The summed E-state index contributed by atoms with van der Waals surface area (Å²) in [6.07, 6.45) is 0. The monoisotopic (exact) mass is 286 g/mol. The summed E-state index contributed by atoms with van der Waals surface area (Å²) >= 11 is 0. The Labute approximate surface area is 119 Å². The van der Waals surface area contributed by atoms with Gasteiger partial charge in [-0.1, -0.05) is 0 Å². The molecule has 0 spiro atoms. The van der Waals surface area contributed by atoms with Crippen molar-refractivity contribution in [2.75, 3.05) is 38.7 Å². The van der Waals surface area contributed by atoms with Crippen LogP contribution in [0.4, 0.5) is 5.69 Å².